The first-order valence-electron chi connectivity index (χ1n) is 5.56. The monoisotopic (exact) mass is 291 g/mol. The zero-order valence-corrected chi connectivity index (χ0v) is 11.1. The second-order valence-corrected chi connectivity index (χ2v) is 4.77. The summed E-state index contributed by atoms with van der Waals surface area (Å²) in [4.78, 5) is 22.0. The Bertz CT molecular complexity index is 780. The van der Waals surface area contributed by atoms with Gasteiger partial charge in [-0.05, 0) is 12.1 Å². The van der Waals surface area contributed by atoms with E-state index in [1.807, 2.05) is 18.2 Å². The minimum atomic E-state index is -1.13. The predicted molar refractivity (Wildman–Crippen MR) is 70.2 cm³/mol. The molecule has 1 aromatic carbocycles. The molecule has 102 valence electrons. The molecule has 0 aliphatic carbocycles. The second-order valence-electron chi connectivity index (χ2n) is 3.83. The lowest BCUT2D eigenvalue weighted by molar-refractivity contribution is 0.0690. The van der Waals surface area contributed by atoms with Gasteiger partial charge in [-0.25, -0.2) is 9.78 Å². The number of carbonyl (C=O) groups is 1. The van der Waals surface area contributed by atoms with Gasteiger partial charge in [0.25, 0.3) is 5.22 Å². The fourth-order valence-corrected chi connectivity index (χ4v) is 2.34. The maximum absolute atomic E-state index is 10.7. The molecule has 0 saturated heterocycles. The van der Waals surface area contributed by atoms with Crippen LogP contribution in [-0.4, -0.2) is 33.1 Å². The third kappa shape index (κ3) is 2.32. The highest BCUT2D eigenvalue weighted by Gasteiger charge is 2.13. The van der Waals surface area contributed by atoms with Gasteiger partial charge in [0.15, 0.2) is 10.9 Å². The summed E-state index contributed by atoms with van der Waals surface area (Å²) in [7, 11) is 1.59. The van der Waals surface area contributed by atoms with E-state index < -0.39 is 5.97 Å². The van der Waals surface area contributed by atoms with Crippen molar-refractivity contribution in [1.82, 2.24) is 15.0 Å². The minimum Gasteiger partial charge on any atom is -0.497 e. The van der Waals surface area contributed by atoms with Crippen LogP contribution in [0.1, 0.15) is 10.5 Å². The van der Waals surface area contributed by atoms with Crippen LogP contribution in [0.4, 0.5) is 0 Å². The summed E-state index contributed by atoms with van der Waals surface area (Å²) in [6.45, 7) is 0. The number of benzene rings is 1. The molecule has 3 aromatic rings. The molecule has 0 bridgehead atoms. The lowest BCUT2D eigenvalue weighted by Crippen LogP contribution is -1.95. The van der Waals surface area contributed by atoms with E-state index in [1.54, 1.807) is 7.11 Å². The molecule has 8 heteroatoms. The van der Waals surface area contributed by atoms with Gasteiger partial charge in [-0.3, -0.25) is 0 Å². The molecule has 0 unspecified atom stereocenters. The molecule has 0 aliphatic heterocycles. The highest BCUT2D eigenvalue weighted by atomic mass is 32.2. The van der Waals surface area contributed by atoms with Crippen LogP contribution in [0, 0.1) is 0 Å². The summed E-state index contributed by atoms with van der Waals surface area (Å²) >= 11 is 1.12. The maximum atomic E-state index is 10.7. The molecule has 0 atom stereocenters. The molecule has 2 aromatic heterocycles. The Labute approximate surface area is 117 Å². The third-order valence-corrected chi connectivity index (χ3v) is 3.30. The van der Waals surface area contributed by atoms with Crippen LogP contribution in [0.5, 0.6) is 5.75 Å². The first-order valence-corrected chi connectivity index (χ1v) is 6.38. The van der Waals surface area contributed by atoms with Gasteiger partial charge in [0, 0.05) is 17.8 Å². The minimum absolute atomic E-state index is 0.134. The van der Waals surface area contributed by atoms with Crippen molar-refractivity contribution in [3.63, 3.8) is 0 Å². The summed E-state index contributed by atoms with van der Waals surface area (Å²) in [6.07, 6.45) is 1.09. The number of hydrogen-bond acceptors (Lipinski definition) is 6. The SMILES string of the molecule is COc1ccc2nc(Sc3nc(C(=O)O)co3)[nH]c2c1. The zero-order chi connectivity index (χ0) is 14.1. The number of aromatic carboxylic acids is 1. The van der Waals surface area contributed by atoms with Gasteiger partial charge in [0.05, 0.1) is 18.1 Å². The predicted octanol–water partition coefficient (Wildman–Crippen LogP) is 2.41. The van der Waals surface area contributed by atoms with Crippen LogP contribution < -0.4 is 4.74 Å². The van der Waals surface area contributed by atoms with E-state index in [9.17, 15) is 4.79 Å². The standard InChI is InChI=1S/C12H9N3O4S/c1-18-6-2-3-7-8(4-6)14-11(13-7)20-12-15-9(5-19-12)10(16)17/h2-5H,1H3,(H,13,14)(H,16,17). The average Bonchev–Trinajstić information content (AvgIpc) is 3.04. The summed E-state index contributed by atoms with van der Waals surface area (Å²) in [5.41, 5.74) is 1.46. The van der Waals surface area contributed by atoms with Gasteiger partial charge in [0.1, 0.15) is 12.0 Å². The highest BCUT2D eigenvalue weighted by molar-refractivity contribution is 7.99. The molecule has 2 N–H and O–H groups in total. The van der Waals surface area contributed by atoms with E-state index in [2.05, 4.69) is 15.0 Å². The van der Waals surface area contributed by atoms with E-state index in [1.165, 1.54) is 0 Å². The summed E-state index contributed by atoms with van der Waals surface area (Å²) in [6, 6.07) is 5.46. The Morgan fingerprint density at radius 2 is 2.30 bits per heavy atom. The van der Waals surface area contributed by atoms with Crippen LogP contribution >= 0.6 is 11.8 Å². The molecule has 20 heavy (non-hydrogen) atoms. The van der Waals surface area contributed by atoms with Crippen LogP contribution in [0.15, 0.2) is 39.3 Å². The van der Waals surface area contributed by atoms with Gasteiger partial charge >= 0.3 is 5.97 Å². The number of H-pyrrole nitrogens is 1. The molecule has 0 aliphatic rings. The van der Waals surface area contributed by atoms with Crippen molar-refractivity contribution in [2.45, 2.75) is 10.4 Å². The van der Waals surface area contributed by atoms with E-state index in [0.717, 1.165) is 34.8 Å². The van der Waals surface area contributed by atoms with Crippen molar-refractivity contribution in [3.8, 4) is 5.75 Å². The van der Waals surface area contributed by atoms with Gasteiger partial charge in [-0.15, -0.1) is 0 Å². The highest BCUT2D eigenvalue weighted by Crippen LogP contribution is 2.28. The first kappa shape index (κ1) is 12.5. The number of imidazole rings is 1. The van der Waals surface area contributed by atoms with E-state index >= 15 is 0 Å². The molecular weight excluding hydrogens is 282 g/mol. The third-order valence-electron chi connectivity index (χ3n) is 2.55. The van der Waals surface area contributed by atoms with Crippen molar-refractivity contribution in [3.05, 3.63) is 30.2 Å². The Balaban J connectivity index is 1.88. The van der Waals surface area contributed by atoms with Crippen molar-refractivity contribution in [2.24, 2.45) is 0 Å². The van der Waals surface area contributed by atoms with Gasteiger partial charge in [-0.1, -0.05) is 0 Å². The molecule has 0 spiro atoms. The molecule has 0 amide bonds. The average molecular weight is 291 g/mol. The number of nitrogens with zero attached hydrogens (tertiary/aromatic N) is 2. The Kier molecular flexibility index (Phi) is 3.07. The van der Waals surface area contributed by atoms with Gasteiger partial charge in [-0.2, -0.15) is 4.98 Å². The molecule has 0 saturated carbocycles. The number of rotatable bonds is 4. The number of methoxy groups -OCH3 is 1. The zero-order valence-electron chi connectivity index (χ0n) is 10.3. The van der Waals surface area contributed by atoms with Crippen LogP contribution in [0.3, 0.4) is 0 Å². The molecule has 3 rings (SSSR count). The van der Waals surface area contributed by atoms with Crippen LogP contribution in [0.25, 0.3) is 11.0 Å². The molecular formula is C12H9N3O4S. The first-order chi connectivity index (χ1) is 9.65. The number of oxazole rings is 1. The second kappa shape index (κ2) is 4.89. The van der Waals surface area contributed by atoms with E-state index in [0.29, 0.717) is 5.16 Å². The van der Waals surface area contributed by atoms with E-state index in [-0.39, 0.29) is 10.9 Å². The largest absolute Gasteiger partial charge is 0.497 e. The number of carboxylic acid groups (broad SMARTS) is 1. The number of fused-ring (bicyclic) bond motifs is 1. The smallest absolute Gasteiger partial charge is 0.357 e. The normalized spacial score (nSPS) is 10.8. The van der Waals surface area contributed by atoms with E-state index in [4.69, 9.17) is 14.3 Å². The molecule has 0 radical (unpaired) electrons. The fourth-order valence-electron chi connectivity index (χ4n) is 1.63. The quantitative estimate of drug-likeness (QED) is 0.761. The number of hydrogen-bond donors (Lipinski definition) is 2. The molecule has 0 fully saturated rings. The Hall–Kier alpha value is -2.48. The number of nitrogens with one attached hydrogen (secondary N) is 1. The summed E-state index contributed by atoms with van der Waals surface area (Å²) < 4.78 is 10.2. The van der Waals surface area contributed by atoms with Crippen molar-refractivity contribution in [2.75, 3.05) is 7.11 Å². The van der Waals surface area contributed by atoms with Gasteiger partial charge < -0.3 is 19.2 Å². The van der Waals surface area contributed by atoms with Crippen LogP contribution in [0.2, 0.25) is 0 Å². The van der Waals surface area contributed by atoms with Gasteiger partial charge in [0.2, 0.25) is 0 Å². The number of ether oxygens (including phenoxy) is 1. The Morgan fingerprint density at radius 1 is 1.45 bits per heavy atom. The fraction of sp³-hybridized carbons (Fsp3) is 0.0833. The topological polar surface area (TPSA) is 101 Å². The Morgan fingerprint density at radius 3 is 3.00 bits per heavy atom. The number of aromatic amines is 1. The number of aromatic nitrogens is 3. The van der Waals surface area contributed by atoms with Crippen molar-refractivity contribution >= 4 is 28.8 Å². The maximum Gasteiger partial charge on any atom is 0.357 e. The van der Waals surface area contributed by atoms with Crippen molar-refractivity contribution < 1.29 is 19.1 Å². The lowest BCUT2D eigenvalue weighted by Gasteiger charge is -1.96. The number of carboxylic acids is 1. The summed E-state index contributed by atoms with van der Waals surface area (Å²) in [5, 5.41) is 9.55. The molecule has 7 nitrogen and oxygen atoms in total. The van der Waals surface area contributed by atoms with Crippen molar-refractivity contribution in [1.29, 1.82) is 0 Å². The van der Waals surface area contributed by atoms with Crippen LogP contribution in [-0.2, 0) is 0 Å². The lowest BCUT2D eigenvalue weighted by atomic mass is 10.3. The molecule has 2 heterocycles. The summed E-state index contributed by atoms with van der Waals surface area (Å²) in [5.74, 6) is -0.406.